The van der Waals surface area contributed by atoms with Crippen LogP contribution in [0.5, 0.6) is 5.75 Å². The number of rotatable bonds is 10. The number of anilines is 1. The van der Waals surface area contributed by atoms with Gasteiger partial charge in [0, 0.05) is 24.3 Å². The van der Waals surface area contributed by atoms with Crippen molar-refractivity contribution in [3.8, 4) is 5.75 Å². The number of furan rings is 1. The van der Waals surface area contributed by atoms with Crippen LogP contribution in [0.15, 0.2) is 76.2 Å². The molecule has 0 spiro atoms. The quantitative estimate of drug-likeness (QED) is 0.402. The van der Waals surface area contributed by atoms with E-state index in [-0.39, 0.29) is 35.6 Å². The van der Waals surface area contributed by atoms with Crippen molar-refractivity contribution in [1.29, 1.82) is 0 Å². The molecule has 10 heteroatoms. The van der Waals surface area contributed by atoms with Gasteiger partial charge in [-0.3, -0.25) is 14.3 Å². The van der Waals surface area contributed by atoms with E-state index < -0.39 is 10.0 Å². The molecule has 2 amide bonds. The fourth-order valence-electron chi connectivity index (χ4n) is 2.73. The molecular formula is C22H23N3O6S. The summed E-state index contributed by atoms with van der Waals surface area (Å²) in [5.41, 5.74) is 0.674. The number of carbonyl (C=O) groups is 2. The second-order valence-corrected chi connectivity index (χ2v) is 8.26. The minimum atomic E-state index is -3.78. The topological polar surface area (TPSA) is 127 Å². The van der Waals surface area contributed by atoms with Gasteiger partial charge in [0.1, 0.15) is 5.75 Å². The monoisotopic (exact) mass is 457 g/mol. The zero-order valence-corrected chi connectivity index (χ0v) is 18.1. The van der Waals surface area contributed by atoms with Crippen molar-refractivity contribution in [1.82, 2.24) is 10.6 Å². The van der Waals surface area contributed by atoms with E-state index in [1.165, 1.54) is 42.7 Å². The summed E-state index contributed by atoms with van der Waals surface area (Å²) in [6.07, 6.45) is 1.40. The van der Waals surface area contributed by atoms with Gasteiger partial charge in [-0.2, -0.15) is 0 Å². The number of hydrogen-bond donors (Lipinski definition) is 3. The van der Waals surface area contributed by atoms with Crippen molar-refractivity contribution in [2.45, 2.75) is 11.8 Å². The Morgan fingerprint density at radius 3 is 2.16 bits per heavy atom. The van der Waals surface area contributed by atoms with E-state index in [0.717, 1.165) is 0 Å². The maximum atomic E-state index is 12.5. The molecule has 32 heavy (non-hydrogen) atoms. The van der Waals surface area contributed by atoms with Gasteiger partial charge >= 0.3 is 0 Å². The highest BCUT2D eigenvalue weighted by Crippen LogP contribution is 2.19. The summed E-state index contributed by atoms with van der Waals surface area (Å²) in [7, 11) is -3.78. The summed E-state index contributed by atoms with van der Waals surface area (Å²) in [5.74, 6) is 0.0635. The molecule has 0 saturated heterocycles. The lowest BCUT2D eigenvalue weighted by Gasteiger charge is -2.10. The van der Waals surface area contributed by atoms with Gasteiger partial charge in [-0.25, -0.2) is 8.42 Å². The third-order valence-corrected chi connectivity index (χ3v) is 5.68. The molecule has 9 nitrogen and oxygen atoms in total. The van der Waals surface area contributed by atoms with Gasteiger partial charge in [0.15, 0.2) is 5.76 Å². The van der Waals surface area contributed by atoms with E-state index in [9.17, 15) is 18.0 Å². The van der Waals surface area contributed by atoms with E-state index in [0.29, 0.717) is 23.6 Å². The van der Waals surface area contributed by atoms with Crippen molar-refractivity contribution in [3.05, 3.63) is 78.3 Å². The highest BCUT2D eigenvalue weighted by molar-refractivity contribution is 7.92. The lowest BCUT2D eigenvalue weighted by molar-refractivity contribution is 0.0910. The van der Waals surface area contributed by atoms with Crippen LogP contribution in [0.1, 0.15) is 27.8 Å². The molecule has 2 aromatic carbocycles. The predicted molar refractivity (Wildman–Crippen MR) is 118 cm³/mol. The molecule has 0 saturated carbocycles. The highest BCUT2D eigenvalue weighted by Gasteiger charge is 2.15. The molecule has 1 aromatic heterocycles. The summed E-state index contributed by atoms with van der Waals surface area (Å²) >= 11 is 0. The zero-order chi connectivity index (χ0) is 23.0. The van der Waals surface area contributed by atoms with Crippen LogP contribution in [0.3, 0.4) is 0 Å². The van der Waals surface area contributed by atoms with Crippen molar-refractivity contribution >= 4 is 27.5 Å². The third-order valence-electron chi connectivity index (χ3n) is 4.29. The first kappa shape index (κ1) is 22.9. The fourth-order valence-corrected chi connectivity index (χ4v) is 3.79. The Morgan fingerprint density at radius 1 is 0.906 bits per heavy atom. The second-order valence-electron chi connectivity index (χ2n) is 6.58. The van der Waals surface area contributed by atoms with Crippen LogP contribution in [0.2, 0.25) is 0 Å². The maximum Gasteiger partial charge on any atom is 0.287 e. The Balaban J connectivity index is 1.50. The Hall–Kier alpha value is -3.79. The maximum absolute atomic E-state index is 12.5. The standard InChI is InChI=1S/C22H23N3O6S/c1-2-30-18-9-11-19(12-10-18)32(28,29)25-17-7-5-16(6-8-17)21(26)23-13-14-24-22(27)20-4-3-15-31-20/h3-12,15,25H,2,13-14H2,1H3,(H,23,26)(H,24,27). The van der Waals surface area contributed by atoms with Gasteiger partial charge in [0.2, 0.25) is 0 Å². The molecule has 0 radical (unpaired) electrons. The van der Waals surface area contributed by atoms with Crippen LogP contribution in [0, 0.1) is 0 Å². The summed E-state index contributed by atoms with van der Waals surface area (Å²) < 4.78 is 37.8. The van der Waals surface area contributed by atoms with Crippen molar-refractivity contribution in [2.75, 3.05) is 24.4 Å². The SMILES string of the molecule is CCOc1ccc(S(=O)(=O)Nc2ccc(C(=O)NCCNC(=O)c3ccco3)cc2)cc1. The lowest BCUT2D eigenvalue weighted by atomic mass is 10.2. The third kappa shape index (κ3) is 6.11. The van der Waals surface area contributed by atoms with E-state index in [1.54, 1.807) is 24.3 Å². The molecule has 0 fully saturated rings. The minimum absolute atomic E-state index is 0.0966. The number of nitrogens with one attached hydrogen (secondary N) is 3. The highest BCUT2D eigenvalue weighted by atomic mass is 32.2. The van der Waals surface area contributed by atoms with Gasteiger partial charge in [-0.1, -0.05) is 0 Å². The lowest BCUT2D eigenvalue weighted by Crippen LogP contribution is -2.34. The predicted octanol–water partition coefficient (Wildman–Crippen LogP) is 2.64. The minimum Gasteiger partial charge on any atom is -0.494 e. The first-order valence-corrected chi connectivity index (χ1v) is 11.3. The molecule has 3 rings (SSSR count). The van der Waals surface area contributed by atoms with E-state index in [1.807, 2.05) is 6.92 Å². The number of ether oxygens (including phenoxy) is 1. The molecule has 1 heterocycles. The summed E-state index contributed by atoms with van der Waals surface area (Å²) in [6, 6.07) is 15.3. The Bertz CT molecular complexity index is 1140. The molecule has 168 valence electrons. The van der Waals surface area contributed by atoms with Crippen molar-refractivity contribution in [2.24, 2.45) is 0 Å². The summed E-state index contributed by atoms with van der Waals surface area (Å²) in [6.45, 7) is 2.78. The van der Waals surface area contributed by atoms with Gasteiger partial charge in [-0.05, 0) is 67.6 Å². The number of hydrogen-bond acceptors (Lipinski definition) is 6. The van der Waals surface area contributed by atoms with Crippen LogP contribution < -0.4 is 20.1 Å². The average molecular weight is 458 g/mol. The molecule has 0 unspecified atom stereocenters. The number of benzene rings is 2. The fraction of sp³-hybridized carbons (Fsp3) is 0.182. The van der Waals surface area contributed by atoms with Gasteiger partial charge in [0.25, 0.3) is 21.8 Å². The van der Waals surface area contributed by atoms with E-state index in [4.69, 9.17) is 9.15 Å². The van der Waals surface area contributed by atoms with Crippen LogP contribution in [-0.2, 0) is 10.0 Å². The molecule has 3 N–H and O–H groups in total. The largest absolute Gasteiger partial charge is 0.494 e. The first-order valence-electron chi connectivity index (χ1n) is 9.84. The second kappa shape index (κ2) is 10.5. The Kier molecular flexibility index (Phi) is 7.50. The van der Waals surface area contributed by atoms with Gasteiger partial charge in [-0.15, -0.1) is 0 Å². The first-order chi connectivity index (χ1) is 15.4. The Morgan fingerprint density at radius 2 is 1.56 bits per heavy atom. The zero-order valence-electron chi connectivity index (χ0n) is 17.3. The molecule has 0 atom stereocenters. The summed E-state index contributed by atoms with van der Waals surface area (Å²) in [5, 5.41) is 5.29. The van der Waals surface area contributed by atoms with Crippen molar-refractivity contribution in [3.63, 3.8) is 0 Å². The molecule has 0 aliphatic carbocycles. The molecular weight excluding hydrogens is 434 g/mol. The number of amides is 2. The van der Waals surface area contributed by atoms with Crippen LogP contribution in [-0.4, -0.2) is 39.9 Å². The average Bonchev–Trinajstić information content (AvgIpc) is 3.32. The van der Waals surface area contributed by atoms with E-state index >= 15 is 0 Å². The molecule has 0 bridgehead atoms. The smallest absolute Gasteiger partial charge is 0.287 e. The molecule has 3 aromatic rings. The number of sulfonamides is 1. The van der Waals surface area contributed by atoms with Gasteiger partial charge < -0.3 is 19.8 Å². The van der Waals surface area contributed by atoms with Crippen molar-refractivity contribution < 1.29 is 27.2 Å². The summed E-state index contributed by atoms with van der Waals surface area (Å²) in [4.78, 5) is 24.1. The van der Waals surface area contributed by atoms with Crippen LogP contribution >= 0.6 is 0 Å². The number of carbonyl (C=O) groups excluding carboxylic acids is 2. The van der Waals surface area contributed by atoms with E-state index in [2.05, 4.69) is 15.4 Å². The molecule has 0 aliphatic rings. The Labute approximate surface area is 185 Å². The van der Waals surface area contributed by atoms with Gasteiger partial charge in [0.05, 0.1) is 17.8 Å². The van der Waals surface area contributed by atoms with Crippen LogP contribution in [0.4, 0.5) is 5.69 Å². The normalized spacial score (nSPS) is 10.9. The van der Waals surface area contributed by atoms with Crippen LogP contribution in [0.25, 0.3) is 0 Å². The molecule has 0 aliphatic heterocycles.